The number of rotatable bonds is 4. The summed E-state index contributed by atoms with van der Waals surface area (Å²) < 4.78 is 5.42. The summed E-state index contributed by atoms with van der Waals surface area (Å²) in [6, 6.07) is 6.80. The molecule has 4 nitrogen and oxygen atoms in total. The average Bonchev–Trinajstić information content (AvgIpc) is 2.40. The maximum atomic E-state index is 6.16. The highest BCUT2D eigenvalue weighted by molar-refractivity contribution is 5.11. The summed E-state index contributed by atoms with van der Waals surface area (Å²) >= 11 is 0. The summed E-state index contributed by atoms with van der Waals surface area (Å²) in [6.07, 6.45) is 3.99. The van der Waals surface area contributed by atoms with Gasteiger partial charge in [-0.05, 0) is 38.9 Å². The van der Waals surface area contributed by atoms with Gasteiger partial charge in [0.15, 0.2) is 0 Å². The Morgan fingerprint density at radius 1 is 1.39 bits per heavy atom. The second kappa shape index (κ2) is 6.27. The van der Waals surface area contributed by atoms with Gasteiger partial charge in [-0.3, -0.25) is 9.88 Å². The summed E-state index contributed by atoms with van der Waals surface area (Å²) in [7, 11) is 2.15. The van der Waals surface area contributed by atoms with Gasteiger partial charge in [-0.15, -0.1) is 0 Å². The number of likely N-dealkylation sites (N-methyl/N-ethyl adjacent to an activating group) is 1. The highest BCUT2D eigenvalue weighted by atomic mass is 16.5. The summed E-state index contributed by atoms with van der Waals surface area (Å²) in [6.45, 7) is 3.75. The van der Waals surface area contributed by atoms with E-state index in [0.717, 1.165) is 31.7 Å². The fourth-order valence-electron chi connectivity index (χ4n) is 2.72. The lowest BCUT2D eigenvalue weighted by Gasteiger charge is -2.38. The number of ether oxygens (including phenoxy) is 1. The Bertz CT molecular complexity index is 349. The van der Waals surface area contributed by atoms with Crippen LogP contribution in [0, 0.1) is 0 Å². The zero-order valence-corrected chi connectivity index (χ0v) is 11.2. The van der Waals surface area contributed by atoms with Crippen molar-refractivity contribution in [1.29, 1.82) is 0 Å². The third-order valence-corrected chi connectivity index (χ3v) is 3.69. The smallest absolute Gasteiger partial charge is 0.0670 e. The first kappa shape index (κ1) is 13.5. The second-order valence-corrected chi connectivity index (χ2v) is 5.07. The Morgan fingerprint density at radius 3 is 2.67 bits per heavy atom. The minimum absolute atomic E-state index is 0.0627. The van der Waals surface area contributed by atoms with Crippen LogP contribution in [-0.2, 0) is 4.74 Å². The summed E-state index contributed by atoms with van der Waals surface area (Å²) in [5, 5.41) is 0. The van der Waals surface area contributed by atoms with Crippen molar-refractivity contribution in [3.05, 3.63) is 30.1 Å². The standard InChI is InChI=1S/C14H23N3O/c1-11(15)14(13-5-3-4-8-16-13)17(2)12-6-9-18-10-7-12/h3-5,8,11-12,14H,6-7,9-10,15H2,1-2H3. The van der Waals surface area contributed by atoms with Gasteiger partial charge < -0.3 is 10.5 Å². The van der Waals surface area contributed by atoms with Gasteiger partial charge in [-0.2, -0.15) is 0 Å². The number of nitrogens with zero attached hydrogens (tertiary/aromatic N) is 2. The number of hydrogen-bond acceptors (Lipinski definition) is 4. The quantitative estimate of drug-likeness (QED) is 0.880. The van der Waals surface area contributed by atoms with Crippen LogP contribution in [0.3, 0.4) is 0 Å². The topological polar surface area (TPSA) is 51.4 Å². The molecular weight excluding hydrogens is 226 g/mol. The van der Waals surface area contributed by atoms with Crippen LogP contribution in [0.2, 0.25) is 0 Å². The van der Waals surface area contributed by atoms with Crippen LogP contribution < -0.4 is 5.73 Å². The summed E-state index contributed by atoms with van der Waals surface area (Å²) in [4.78, 5) is 6.83. The number of pyridine rings is 1. The van der Waals surface area contributed by atoms with Crippen LogP contribution in [0.5, 0.6) is 0 Å². The molecule has 0 aliphatic carbocycles. The minimum Gasteiger partial charge on any atom is -0.381 e. The van der Waals surface area contributed by atoms with E-state index in [9.17, 15) is 0 Å². The van der Waals surface area contributed by atoms with E-state index >= 15 is 0 Å². The van der Waals surface area contributed by atoms with Crippen molar-refractivity contribution in [2.24, 2.45) is 5.73 Å². The molecule has 2 rings (SSSR count). The largest absolute Gasteiger partial charge is 0.381 e. The minimum atomic E-state index is 0.0627. The molecule has 1 saturated heterocycles. The lowest BCUT2D eigenvalue weighted by atomic mass is 9.99. The van der Waals surface area contributed by atoms with E-state index in [4.69, 9.17) is 10.5 Å². The van der Waals surface area contributed by atoms with Crippen molar-refractivity contribution in [2.75, 3.05) is 20.3 Å². The predicted molar refractivity (Wildman–Crippen MR) is 72.2 cm³/mol. The molecule has 1 aromatic heterocycles. The molecule has 2 atom stereocenters. The molecule has 1 aliphatic heterocycles. The molecule has 1 aromatic rings. The van der Waals surface area contributed by atoms with Gasteiger partial charge in [-0.1, -0.05) is 6.07 Å². The predicted octanol–water partition coefficient (Wildman–Crippen LogP) is 1.58. The van der Waals surface area contributed by atoms with Gasteiger partial charge in [-0.25, -0.2) is 0 Å². The zero-order valence-electron chi connectivity index (χ0n) is 11.2. The maximum absolute atomic E-state index is 6.16. The molecule has 1 fully saturated rings. The molecule has 0 radical (unpaired) electrons. The van der Waals surface area contributed by atoms with Crippen LogP contribution >= 0.6 is 0 Å². The van der Waals surface area contributed by atoms with Crippen molar-refractivity contribution in [3.63, 3.8) is 0 Å². The van der Waals surface area contributed by atoms with Crippen LogP contribution in [0.1, 0.15) is 31.5 Å². The van der Waals surface area contributed by atoms with Crippen molar-refractivity contribution in [2.45, 2.75) is 37.9 Å². The summed E-state index contributed by atoms with van der Waals surface area (Å²) in [5.41, 5.74) is 7.22. The highest BCUT2D eigenvalue weighted by Crippen LogP contribution is 2.26. The van der Waals surface area contributed by atoms with Crippen molar-refractivity contribution in [3.8, 4) is 0 Å². The number of hydrogen-bond donors (Lipinski definition) is 1. The Labute approximate surface area is 109 Å². The third-order valence-electron chi connectivity index (χ3n) is 3.69. The molecule has 0 amide bonds. The number of aromatic nitrogens is 1. The van der Waals surface area contributed by atoms with Crippen molar-refractivity contribution in [1.82, 2.24) is 9.88 Å². The first-order chi connectivity index (χ1) is 8.70. The van der Waals surface area contributed by atoms with Crippen LogP contribution in [0.25, 0.3) is 0 Å². The Kier molecular flexibility index (Phi) is 4.69. The van der Waals surface area contributed by atoms with Crippen LogP contribution in [-0.4, -0.2) is 42.2 Å². The van der Waals surface area contributed by atoms with Gasteiger partial charge in [0, 0.05) is 31.5 Å². The van der Waals surface area contributed by atoms with E-state index in [-0.39, 0.29) is 12.1 Å². The molecular formula is C14H23N3O. The first-order valence-corrected chi connectivity index (χ1v) is 6.66. The molecule has 2 unspecified atom stereocenters. The lowest BCUT2D eigenvalue weighted by molar-refractivity contribution is 0.0238. The van der Waals surface area contributed by atoms with E-state index in [1.165, 1.54) is 0 Å². The highest BCUT2D eigenvalue weighted by Gasteiger charge is 2.28. The molecule has 0 bridgehead atoms. The van der Waals surface area contributed by atoms with Gasteiger partial charge in [0.25, 0.3) is 0 Å². The average molecular weight is 249 g/mol. The van der Waals surface area contributed by atoms with E-state index in [1.54, 1.807) is 0 Å². The molecule has 0 spiro atoms. The third kappa shape index (κ3) is 3.07. The Morgan fingerprint density at radius 2 is 2.11 bits per heavy atom. The molecule has 18 heavy (non-hydrogen) atoms. The van der Waals surface area contributed by atoms with Gasteiger partial charge in [0.05, 0.1) is 11.7 Å². The summed E-state index contributed by atoms with van der Waals surface area (Å²) in [5.74, 6) is 0. The van der Waals surface area contributed by atoms with E-state index in [1.807, 2.05) is 18.3 Å². The fourth-order valence-corrected chi connectivity index (χ4v) is 2.72. The molecule has 1 aliphatic rings. The zero-order chi connectivity index (χ0) is 13.0. The van der Waals surface area contributed by atoms with Crippen molar-refractivity contribution >= 4 is 0 Å². The van der Waals surface area contributed by atoms with Crippen LogP contribution in [0.15, 0.2) is 24.4 Å². The monoisotopic (exact) mass is 249 g/mol. The van der Waals surface area contributed by atoms with Crippen LogP contribution in [0.4, 0.5) is 0 Å². The van der Waals surface area contributed by atoms with E-state index in [2.05, 4.69) is 29.9 Å². The molecule has 2 N–H and O–H groups in total. The van der Waals surface area contributed by atoms with E-state index in [0.29, 0.717) is 6.04 Å². The molecule has 2 heterocycles. The van der Waals surface area contributed by atoms with Gasteiger partial charge in [0.1, 0.15) is 0 Å². The lowest BCUT2D eigenvalue weighted by Crippen LogP contribution is -2.45. The molecule has 4 heteroatoms. The number of nitrogens with two attached hydrogens (primary N) is 1. The second-order valence-electron chi connectivity index (χ2n) is 5.07. The fraction of sp³-hybridized carbons (Fsp3) is 0.643. The SMILES string of the molecule is CC(N)C(c1ccccn1)N(C)C1CCOCC1. The molecule has 0 saturated carbocycles. The molecule has 100 valence electrons. The first-order valence-electron chi connectivity index (χ1n) is 6.66. The van der Waals surface area contributed by atoms with Gasteiger partial charge in [0.2, 0.25) is 0 Å². The maximum Gasteiger partial charge on any atom is 0.0670 e. The Hall–Kier alpha value is -0.970. The van der Waals surface area contributed by atoms with E-state index < -0.39 is 0 Å². The van der Waals surface area contributed by atoms with Crippen molar-refractivity contribution < 1.29 is 4.74 Å². The van der Waals surface area contributed by atoms with Gasteiger partial charge >= 0.3 is 0 Å². The molecule has 0 aromatic carbocycles. The Balaban J connectivity index is 2.14. The normalized spacial score (nSPS) is 20.9.